The first-order valence-electron chi connectivity index (χ1n) is 10.3. The Labute approximate surface area is 175 Å². The Morgan fingerprint density at radius 1 is 1.38 bits per heavy atom. The largest absolute Gasteiger partial charge is 0.388 e. The summed E-state index contributed by atoms with van der Waals surface area (Å²) in [6.45, 7) is 3.32. The van der Waals surface area contributed by atoms with Crippen LogP contribution in [0.2, 0.25) is 5.02 Å². The van der Waals surface area contributed by atoms with E-state index in [1.54, 1.807) is 12.1 Å². The number of aromatic nitrogens is 1. The van der Waals surface area contributed by atoms with Crippen molar-refractivity contribution >= 4 is 34.2 Å². The molecule has 2 aliphatic rings. The summed E-state index contributed by atoms with van der Waals surface area (Å²) in [7, 11) is 0. The van der Waals surface area contributed by atoms with E-state index < -0.39 is 11.8 Å². The number of hydrogen-bond donors (Lipinski definition) is 2. The van der Waals surface area contributed by atoms with E-state index in [2.05, 4.69) is 17.2 Å². The van der Waals surface area contributed by atoms with E-state index in [-0.39, 0.29) is 12.5 Å². The van der Waals surface area contributed by atoms with Gasteiger partial charge in [0.1, 0.15) is 12.0 Å². The Morgan fingerprint density at radius 3 is 2.93 bits per heavy atom. The van der Waals surface area contributed by atoms with Gasteiger partial charge in [0.25, 0.3) is 5.91 Å². The molecule has 2 aromatic rings. The lowest BCUT2D eigenvalue weighted by Crippen LogP contribution is -2.45. The van der Waals surface area contributed by atoms with E-state index in [0.717, 1.165) is 12.8 Å². The molecule has 1 aliphatic carbocycles. The maximum absolute atomic E-state index is 13.5. The Kier molecular flexibility index (Phi) is 5.67. The van der Waals surface area contributed by atoms with Gasteiger partial charge >= 0.3 is 0 Å². The summed E-state index contributed by atoms with van der Waals surface area (Å²) in [6, 6.07) is 7.07. The van der Waals surface area contributed by atoms with Gasteiger partial charge in [-0.3, -0.25) is 4.79 Å². The third kappa shape index (κ3) is 4.33. The van der Waals surface area contributed by atoms with Crippen molar-refractivity contribution in [2.75, 3.05) is 24.5 Å². The van der Waals surface area contributed by atoms with E-state index in [1.807, 2.05) is 17.0 Å². The average Bonchev–Trinajstić information content (AvgIpc) is 3.12. The number of amides is 1. The highest BCUT2D eigenvalue weighted by Crippen LogP contribution is 2.32. The smallest absolute Gasteiger partial charge is 0.253 e. The SMILES string of the molecule is CC1CCC[C@@](O)(CNC(=O)c2c(Cl)ccc3nc(N4CC[C@@H](F)C4)ccc23)C1. The number of benzene rings is 1. The van der Waals surface area contributed by atoms with Gasteiger partial charge in [0, 0.05) is 18.5 Å². The molecule has 0 bridgehead atoms. The lowest BCUT2D eigenvalue weighted by Gasteiger charge is -2.35. The monoisotopic (exact) mass is 419 g/mol. The van der Waals surface area contributed by atoms with Gasteiger partial charge in [-0.05, 0) is 49.4 Å². The van der Waals surface area contributed by atoms with Crippen LogP contribution in [0.25, 0.3) is 10.9 Å². The normalized spacial score (nSPS) is 27.4. The third-order valence-corrected chi connectivity index (χ3v) is 6.45. The Balaban J connectivity index is 1.56. The van der Waals surface area contributed by atoms with Crippen LogP contribution in [0.4, 0.5) is 10.2 Å². The molecule has 0 spiro atoms. The second kappa shape index (κ2) is 8.07. The van der Waals surface area contributed by atoms with Gasteiger partial charge < -0.3 is 15.3 Å². The van der Waals surface area contributed by atoms with Crippen molar-refractivity contribution in [3.63, 3.8) is 0 Å². The van der Waals surface area contributed by atoms with Gasteiger partial charge in [0.05, 0.1) is 28.2 Å². The van der Waals surface area contributed by atoms with Crippen molar-refractivity contribution < 1.29 is 14.3 Å². The molecule has 5 nitrogen and oxygen atoms in total. The van der Waals surface area contributed by atoms with Gasteiger partial charge in [-0.2, -0.15) is 0 Å². The zero-order valence-electron chi connectivity index (χ0n) is 16.6. The van der Waals surface area contributed by atoms with Crippen LogP contribution in [-0.2, 0) is 0 Å². The minimum Gasteiger partial charge on any atom is -0.388 e. The Bertz CT molecular complexity index is 924. The first kappa shape index (κ1) is 20.4. The average molecular weight is 420 g/mol. The fourth-order valence-electron chi connectivity index (χ4n) is 4.63. The molecule has 7 heteroatoms. The number of pyridine rings is 1. The van der Waals surface area contributed by atoms with E-state index in [1.165, 1.54) is 0 Å². The highest BCUT2D eigenvalue weighted by atomic mass is 35.5. The van der Waals surface area contributed by atoms with Crippen molar-refractivity contribution in [1.82, 2.24) is 10.3 Å². The number of alkyl halides is 1. The second-order valence-electron chi connectivity index (χ2n) is 8.60. The molecule has 1 aromatic carbocycles. The fourth-order valence-corrected chi connectivity index (χ4v) is 4.88. The lowest BCUT2D eigenvalue weighted by molar-refractivity contribution is -0.0109. The zero-order valence-corrected chi connectivity index (χ0v) is 17.4. The summed E-state index contributed by atoms with van der Waals surface area (Å²) in [4.78, 5) is 19.5. The highest BCUT2D eigenvalue weighted by molar-refractivity contribution is 6.35. The number of halogens is 2. The molecule has 0 radical (unpaired) electrons. The number of hydrogen-bond acceptors (Lipinski definition) is 4. The summed E-state index contributed by atoms with van der Waals surface area (Å²) in [5.74, 6) is 0.840. The van der Waals surface area contributed by atoms with E-state index >= 15 is 0 Å². The molecule has 2 N–H and O–H groups in total. The summed E-state index contributed by atoms with van der Waals surface area (Å²) >= 11 is 6.35. The number of nitrogens with zero attached hydrogens (tertiary/aromatic N) is 2. The van der Waals surface area contributed by atoms with Crippen LogP contribution in [-0.4, -0.2) is 47.4 Å². The maximum atomic E-state index is 13.5. The predicted molar refractivity (Wildman–Crippen MR) is 113 cm³/mol. The molecular weight excluding hydrogens is 393 g/mol. The van der Waals surface area contributed by atoms with Crippen LogP contribution in [0.15, 0.2) is 24.3 Å². The third-order valence-electron chi connectivity index (χ3n) is 6.13. The van der Waals surface area contributed by atoms with Crippen LogP contribution in [0.1, 0.15) is 49.4 Å². The lowest BCUT2D eigenvalue weighted by atomic mass is 9.79. The number of fused-ring (bicyclic) bond motifs is 1. The van der Waals surface area contributed by atoms with E-state index in [4.69, 9.17) is 11.6 Å². The molecule has 29 heavy (non-hydrogen) atoms. The van der Waals surface area contributed by atoms with Crippen LogP contribution in [0.3, 0.4) is 0 Å². The molecule has 2 heterocycles. The Hall–Kier alpha value is -1.92. The molecule has 1 saturated heterocycles. The fraction of sp³-hybridized carbons (Fsp3) is 0.545. The highest BCUT2D eigenvalue weighted by Gasteiger charge is 2.33. The first-order valence-corrected chi connectivity index (χ1v) is 10.7. The molecule has 3 atom stereocenters. The topological polar surface area (TPSA) is 65.5 Å². The van der Waals surface area contributed by atoms with Crippen molar-refractivity contribution in [2.45, 2.75) is 50.8 Å². The van der Waals surface area contributed by atoms with Crippen molar-refractivity contribution in [1.29, 1.82) is 0 Å². The molecule has 156 valence electrons. The molecule has 1 unspecified atom stereocenters. The van der Waals surface area contributed by atoms with Gasteiger partial charge in [0.15, 0.2) is 0 Å². The minimum atomic E-state index is -0.867. The molecule has 1 aliphatic heterocycles. The van der Waals surface area contributed by atoms with Gasteiger partial charge in [0.2, 0.25) is 0 Å². The molecule has 1 saturated carbocycles. The standard InChI is InChI=1S/C22H27ClFN3O2/c1-14-3-2-9-22(29,11-14)13-25-21(28)20-16-4-7-19(27-10-8-15(24)12-27)26-18(16)6-5-17(20)23/h4-7,14-15,29H,2-3,8-13H2,1H3,(H,25,28)/t14?,15-,22+/m1/s1. The van der Waals surface area contributed by atoms with Gasteiger partial charge in [-0.1, -0.05) is 31.4 Å². The molecule has 1 amide bonds. The number of carbonyl (C=O) groups excluding carboxylic acids is 1. The number of rotatable bonds is 4. The maximum Gasteiger partial charge on any atom is 0.253 e. The van der Waals surface area contributed by atoms with Gasteiger partial charge in [-0.25, -0.2) is 9.37 Å². The number of anilines is 1. The molecule has 4 rings (SSSR count). The quantitative estimate of drug-likeness (QED) is 0.782. The van der Waals surface area contributed by atoms with E-state index in [0.29, 0.717) is 65.6 Å². The number of aliphatic hydroxyl groups is 1. The number of nitrogens with one attached hydrogen (secondary N) is 1. The van der Waals surface area contributed by atoms with Crippen molar-refractivity contribution in [3.05, 3.63) is 34.9 Å². The zero-order chi connectivity index (χ0) is 20.6. The molecular formula is C22H27ClFN3O2. The summed E-state index contributed by atoms with van der Waals surface area (Å²) < 4.78 is 13.5. The van der Waals surface area contributed by atoms with Crippen LogP contribution >= 0.6 is 11.6 Å². The summed E-state index contributed by atoms with van der Waals surface area (Å²) in [6.07, 6.45) is 3.14. The predicted octanol–water partition coefficient (Wildman–Crippen LogP) is 4.11. The second-order valence-corrected chi connectivity index (χ2v) is 9.01. The first-order chi connectivity index (χ1) is 13.8. The van der Waals surface area contributed by atoms with Crippen LogP contribution in [0, 0.1) is 5.92 Å². The van der Waals surface area contributed by atoms with E-state index in [9.17, 15) is 14.3 Å². The summed E-state index contributed by atoms with van der Waals surface area (Å²) in [5.41, 5.74) is 0.138. The van der Waals surface area contributed by atoms with Crippen LogP contribution < -0.4 is 10.2 Å². The van der Waals surface area contributed by atoms with Crippen molar-refractivity contribution in [2.24, 2.45) is 5.92 Å². The van der Waals surface area contributed by atoms with Gasteiger partial charge in [-0.15, -0.1) is 0 Å². The van der Waals surface area contributed by atoms with Crippen molar-refractivity contribution in [3.8, 4) is 0 Å². The minimum absolute atomic E-state index is 0.208. The van der Waals surface area contributed by atoms with Crippen LogP contribution in [0.5, 0.6) is 0 Å². The Morgan fingerprint density at radius 2 is 2.21 bits per heavy atom. The summed E-state index contributed by atoms with van der Waals surface area (Å²) in [5, 5.41) is 14.7. The molecule has 1 aromatic heterocycles. The number of carbonyl (C=O) groups is 1. The molecule has 2 fully saturated rings.